The minimum Gasteiger partial charge on any atom is -0.481 e. The smallest absolute Gasteiger partial charge is 0.326 e. The van der Waals surface area contributed by atoms with E-state index in [9.17, 15) is 5.26 Å². The maximum Gasteiger partial charge on any atom is 0.326 e. The van der Waals surface area contributed by atoms with Crippen LogP contribution < -0.4 is 4.74 Å². The van der Waals surface area contributed by atoms with Crippen molar-refractivity contribution in [3.8, 4) is 18.0 Å². The van der Waals surface area contributed by atoms with E-state index in [1.54, 1.807) is 32.4 Å². The van der Waals surface area contributed by atoms with Crippen molar-refractivity contribution in [2.75, 3.05) is 7.11 Å². The number of pyridine rings is 1. The number of hydrogen-bond acceptors (Lipinski definition) is 7. The van der Waals surface area contributed by atoms with Gasteiger partial charge in [-0.15, -0.1) is 5.10 Å². The van der Waals surface area contributed by atoms with E-state index in [0.717, 1.165) is 22.5 Å². The van der Waals surface area contributed by atoms with Gasteiger partial charge < -0.3 is 14.1 Å². The highest BCUT2D eigenvalue weighted by atomic mass is 16.5. The summed E-state index contributed by atoms with van der Waals surface area (Å²) < 4.78 is 12.5. The molecule has 9 nitrogen and oxygen atoms in total. The van der Waals surface area contributed by atoms with Gasteiger partial charge in [-0.3, -0.25) is 4.57 Å². The summed E-state index contributed by atoms with van der Waals surface area (Å²) in [6, 6.07) is 6.28. The molecule has 0 saturated carbocycles. The molecule has 0 amide bonds. The fourth-order valence-electron chi connectivity index (χ4n) is 3.04. The second-order valence-electron chi connectivity index (χ2n) is 6.26. The van der Waals surface area contributed by atoms with E-state index in [1.807, 2.05) is 24.5 Å². The SMILES string of the molecule is COc1cc2nc(/C(C#N)=C/c3cc(C)n(-c4nnc(C)o4)c3C)[nH]c2cn1. The Hall–Kier alpha value is -3.93. The van der Waals surface area contributed by atoms with E-state index in [4.69, 9.17) is 9.15 Å². The Labute approximate surface area is 160 Å². The standard InChI is InChI=1S/C19H17N7O2/c1-10-5-13(11(2)26(10)19-25-24-12(3)28-19)6-14(8-20)18-22-15-7-17(27-4)21-9-16(15)23-18/h5-7,9H,1-4H3,(H,22,23)/b14-6+. The molecule has 0 saturated heterocycles. The molecule has 4 heterocycles. The van der Waals surface area contributed by atoms with Gasteiger partial charge in [0.05, 0.1) is 29.9 Å². The molecule has 0 fully saturated rings. The number of rotatable bonds is 4. The first-order chi connectivity index (χ1) is 13.5. The highest BCUT2D eigenvalue weighted by Crippen LogP contribution is 2.25. The summed E-state index contributed by atoms with van der Waals surface area (Å²) in [6.07, 6.45) is 3.41. The molecule has 140 valence electrons. The monoisotopic (exact) mass is 375 g/mol. The number of aromatic nitrogens is 6. The minimum atomic E-state index is 0.396. The first-order valence-corrected chi connectivity index (χ1v) is 8.51. The summed E-state index contributed by atoms with van der Waals surface area (Å²) in [4.78, 5) is 11.8. The zero-order valence-electron chi connectivity index (χ0n) is 15.8. The molecule has 9 heteroatoms. The van der Waals surface area contributed by atoms with Crippen LogP contribution in [0.4, 0.5) is 0 Å². The molecule has 0 atom stereocenters. The summed E-state index contributed by atoms with van der Waals surface area (Å²) in [5.41, 5.74) is 4.47. The molecular formula is C19H17N7O2. The number of hydrogen-bond donors (Lipinski definition) is 1. The Kier molecular flexibility index (Phi) is 4.16. The lowest BCUT2D eigenvalue weighted by Crippen LogP contribution is -1.99. The first-order valence-electron chi connectivity index (χ1n) is 8.51. The number of methoxy groups -OCH3 is 1. The molecule has 0 aromatic carbocycles. The second kappa shape index (κ2) is 6.66. The van der Waals surface area contributed by atoms with Gasteiger partial charge >= 0.3 is 6.01 Å². The van der Waals surface area contributed by atoms with Crippen molar-refractivity contribution in [3.05, 3.63) is 47.0 Å². The van der Waals surface area contributed by atoms with E-state index < -0.39 is 0 Å². The number of nitrogens with one attached hydrogen (secondary N) is 1. The molecule has 0 aliphatic rings. The van der Waals surface area contributed by atoms with Crippen LogP contribution in [0.2, 0.25) is 0 Å². The first kappa shape index (κ1) is 17.5. The third-order valence-electron chi connectivity index (χ3n) is 4.40. The number of aromatic amines is 1. The molecule has 0 unspecified atom stereocenters. The average Bonchev–Trinajstić information content (AvgIpc) is 3.36. The summed E-state index contributed by atoms with van der Waals surface area (Å²) in [5, 5.41) is 17.6. The van der Waals surface area contributed by atoms with Crippen molar-refractivity contribution in [1.82, 2.24) is 29.7 Å². The van der Waals surface area contributed by atoms with Gasteiger partial charge in [-0.25, -0.2) is 9.97 Å². The highest BCUT2D eigenvalue weighted by Gasteiger charge is 2.16. The molecule has 4 rings (SSSR count). The van der Waals surface area contributed by atoms with Gasteiger partial charge in [0, 0.05) is 24.4 Å². The van der Waals surface area contributed by atoms with Crippen LogP contribution in [0.5, 0.6) is 5.88 Å². The summed E-state index contributed by atoms with van der Waals surface area (Å²) >= 11 is 0. The largest absolute Gasteiger partial charge is 0.481 e. The van der Waals surface area contributed by atoms with Crippen molar-refractivity contribution in [3.63, 3.8) is 0 Å². The van der Waals surface area contributed by atoms with Crippen LogP contribution in [0.25, 0.3) is 28.7 Å². The van der Waals surface area contributed by atoms with Crippen molar-refractivity contribution in [2.45, 2.75) is 20.8 Å². The molecule has 0 aliphatic heterocycles. The van der Waals surface area contributed by atoms with Gasteiger partial charge in [-0.05, 0) is 31.6 Å². The van der Waals surface area contributed by atoms with Crippen LogP contribution in [0, 0.1) is 32.1 Å². The lowest BCUT2D eigenvalue weighted by atomic mass is 10.1. The molecule has 4 aromatic heterocycles. The second-order valence-corrected chi connectivity index (χ2v) is 6.26. The number of imidazole rings is 1. The van der Waals surface area contributed by atoms with Gasteiger partial charge in [-0.1, -0.05) is 5.10 Å². The molecule has 0 bridgehead atoms. The Bertz CT molecular complexity index is 1250. The van der Waals surface area contributed by atoms with E-state index in [0.29, 0.717) is 34.7 Å². The molecule has 0 spiro atoms. The van der Waals surface area contributed by atoms with Gasteiger partial charge in [0.15, 0.2) is 0 Å². The highest BCUT2D eigenvalue weighted by molar-refractivity contribution is 5.90. The fourth-order valence-corrected chi connectivity index (χ4v) is 3.04. The van der Waals surface area contributed by atoms with Gasteiger partial charge in [0.2, 0.25) is 11.8 Å². The lowest BCUT2D eigenvalue weighted by molar-refractivity contribution is 0.398. The molecule has 0 aliphatic carbocycles. The Morgan fingerprint density at radius 1 is 1.29 bits per heavy atom. The summed E-state index contributed by atoms with van der Waals surface area (Å²) in [7, 11) is 1.54. The number of fused-ring (bicyclic) bond motifs is 1. The molecule has 0 radical (unpaired) electrons. The topological polar surface area (TPSA) is 118 Å². The number of nitrogens with zero attached hydrogens (tertiary/aromatic N) is 6. The van der Waals surface area contributed by atoms with Gasteiger partial charge in [-0.2, -0.15) is 5.26 Å². The molecule has 28 heavy (non-hydrogen) atoms. The maximum absolute atomic E-state index is 9.69. The number of nitriles is 1. The Morgan fingerprint density at radius 3 is 2.79 bits per heavy atom. The normalized spacial score (nSPS) is 11.8. The third-order valence-corrected chi connectivity index (χ3v) is 4.40. The zero-order valence-corrected chi connectivity index (χ0v) is 15.8. The van der Waals surface area contributed by atoms with Crippen molar-refractivity contribution in [2.24, 2.45) is 0 Å². The van der Waals surface area contributed by atoms with Crippen LogP contribution in [0.1, 0.15) is 28.7 Å². The fraction of sp³-hybridized carbons (Fsp3) is 0.211. The van der Waals surface area contributed by atoms with E-state index in [1.165, 1.54) is 0 Å². The van der Waals surface area contributed by atoms with E-state index >= 15 is 0 Å². The predicted octanol–water partition coefficient (Wildman–Crippen LogP) is 3.13. The average molecular weight is 375 g/mol. The number of H-pyrrole nitrogens is 1. The van der Waals surface area contributed by atoms with Crippen molar-refractivity contribution < 1.29 is 9.15 Å². The number of ether oxygens (including phenoxy) is 1. The van der Waals surface area contributed by atoms with Crippen LogP contribution in [0.15, 0.2) is 22.7 Å². The third kappa shape index (κ3) is 2.91. The van der Waals surface area contributed by atoms with E-state index in [2.05, 4.69) is 31.2 Å². The maximum atomic E-state index is 9.69. The Balaban J connectivity index is 1.78. The predicted molar refractivity (Wildman–Crippen MR) is 102 cm³/mol. The van der Waals surface area contributed by atoms with Crippen LogP contribution >= 0.6 is 0 Å². The quantitative estimate of drug-likeness (QED) is 0.544. The molecular weight excluding hydrogens is 358 g/mol. The summed E-state index contributed by atoms with van der Waals surface area (Å²) in [5.74, 6) is 1.42. The zero-order chi connectivity index (χ0) is 19.8. The molecule has 1 N–H and O–H groups in total. The lowest BCUT2D eigenvalue weighted by Gasteiger charge is -2.02. The van der Waals surface area contributed by atoms with Crippen LogP contribution in [0.3, 0.4) is 0 Å². The number of allylic oxidation sites excluding steroid dienone is 1. The minimum absolute atomic E-state index is 0.396. The van der Waals surface area contributed by atoms with E-state index in [-0.39, 0.29) is 0 Å². The molecule has 4 aromatic rings. The van der Waals surface area contributed by atoms with Crippen molar-refractivity contribution >= 4 is 22.7 Å². The number of aryl methyl sites for hydroxylation is 2. The van der Waals surface area contributed by atoms with Crippen molar-refractivity contribution in [1.29, 1.82) is 5.26 Å². The summed E-state index contributed by atoms with van der Waals surface area (Å²) in [6.45, 7) is 5.61. The Morgan fingerprint density at radius 2 is 2.11 bits per heavy atom. The van der Waals surface area contributed by atoms with Gasteiger partial charge in [0.1, 0.15) is 11.9 Å². The van der Waals surface area contributed by atoms with Crippen LogP contribution in [-0.2, 0) is 0 Å². The van der Waals surface area contributed by atoms with Gasteiger partial charge in [0.25, 0.3) is 0 Å². The van der Waals surface area contributed by atoms with Crippen LogP contribution in [-0.4, -0.2) is 36.8 Å².